The molecule has 5 nitrogen and oxygen atoms in total. The number of aromatic nitrogens is 5. The Morgan fingerprint density at radius 3 is 2.43 bits per heavy atom. The van der Waals surface area contributed by atoms with Gasteiger partial charge in [-0.25, -0.2) is 0 Å². The minimum Gasteiger partial charge on any atom is -0.252 e. The number of nitrogens with one attached hydrogen (secondary N) is 1. The maximum Gasteiger partial charge on any atom is 0.207 e. The minimum atomic E-state index is 0.270. The highest BCUT2D eigenvalue weighted by molar-refractivity contribution is 6.32. The van der Waals surface area contributed by atoms with Crippen molar-refractivity contribution in [2.24, 2.45) is 0 Å². The molecule has 0 aliphatic heterocycles. The van der Waals surface area contributed by atoms with E-state index in [1.807, 2.05) is 42.5 Å². The lowest BCUT2D eigenvalue weighted by atomic mass is 9.87. The van der Waals surface area contributed by atoms with Gasteiger partial charge in [-0.2, -0.15) is 5.21 Å². The maximum absolute atomic E-state index is 6.34. The van der Waals surface area contributed by atoms with Crippen LogP contribution >= 0.6 is 23.2 Å². The van der Waals surface area contributed by atoms with Crippen LogP contribution in [-0.4, -0.2) is 25.6 Å². The van der Waals surface area contributed by atoms with Crippen LogP contribution in [0.3, 0.4) is 0 Å². The minimum absolute atomic E-state index is 0.270. The average Bonchev–Trinajstić information content (AvgIpc) is 3.22. The van der Waals surface area contributed by atoms with Gasteiger partial charge < -0.3 is 0 Å². The summed E-state index contributed by atoms with van der Waals surface area (Å²) in [7, 11) is 0. The molecule has 2 aromatic carbocycles. The first-order valence-electron chi connectivity index (χ1n) is 9.25. The van der Waals surface area contributed by atoms with Gasteiger partial charge in [0.15, 0.2) is 0 Å². The Morgan fingerprint density at radius 2 is 1.75 bits per heavy atom. The summed E-state index contributed by atoms with van der Waals surface area (Å²) in [5.41, 5.74) is 4.66. The van der Waals surface area contributed by atoms with Gasteiger partial charge in [0.1, 0.15) is 0 Å². The summed E-state index contributed by atoms with van der Waals surface area (Å²) in [6.45, 7) is 4.34. The number of nitrogens with zero attached hydrogens (tertiary/aromatic N) is 4. The zero-order chi connectivity index (χ0) is 19.7. The summed E-state index contributed by atoms with van der Waals surface area (Å²) in [4.78, 5) is 5.01. The van der Waals surface area contributed by atoms with Crippen LogP contribution in [-0.2, 0) is 0 Å². The average molecular weight is 412 g/mol. The molecule has 0 unspecified atom stereocenters. The van der Waals surface area contributed by atoms with Crippen molar-refractivity contribution in [2.45, 2.75) is 32.6 Å². The molecule has 0 amide bonds. The van der Waals surface area contributed by atoms with Gasteiger partial charge in [0.2, 0.25) is 5.82 Å². The van der Waals surface area contributed by atoms with Gasteiger partial charge in [-0.15, -0.1) is 10.2 Å². The number of aromatic amines is 1. The maximum atomic E-state index is 6.34. The number of halogens is 2. The van der Waals surface area contributed by atoms with Crippen molar-refractivity contribution in [3.63, 3.8) is 0 Å². The Kier molecular flexibility index (Phi) is 5.29. The molecule has 4 aromatic rings. The monoisotopic (exact) mass is 411 g/mol. The van der Waals surface area contributed by atoms with E-state index >= 15 is 0 Å². The van der Waals surface area contributed by atoms with E-state index in [0.717, 1.165) is 46.1 Å². The van der Waals surface area contributed by atoms with E-state index in [1.54, 1.807) is 0 Å². The van der Waals surface area contributed by atoms with Crippen molar-refractivity contribution in [3.05, 3.63) is 58.2 Å². The summed E-state index contributed by atoms with van der Waals surface area (Å²) in [5.74, 6) is 0.790. The SMILES string of the molecule is CCC(CC)c1nc2ccc(Cl)cc2c(-c2cccc(Cl)c2)c1-c1nn[nH]n1. The quantitative estimate of drug-likeness (QED) is 0.418. The normalized spacial score (nSPS) is 11.5. The molecule has 0 saturated heterocycles. The van der Waals surface area contributed by atoms with Crippen LogP contribution < -0.4 is 0 Å². The number of pyridine rings is 1. The summed E-state index contributed by atoms with van der Waals surface area (Å²) in [5, 5.41) is 17.2. The van der Waals surface area contributed by atoms with Crippen molar-refractivity contribution in [1.82, 2.24) is 25.6 Å². The third-order valence-electron chi connectivity index (χ3n) is 5.03. The molecule has 142 valence electrons. The molecule has 4 rings (SSSR count). The van der Waals surface area contributed by atoms with E-state index in [9.17, 15) is 0 Å². The fourth-order valence-corrected chi connectivity index (χ4v) is 4.03. The lowest BCUT2D eigenvalue weighted by Gasteiger charge is -2.20. The van der Waals surface area contributed by atoms with Crippen molar-refractivity contribution < 1.29 is 0 Å². The number of hydrogen-bond acceptors (Lipinski definition) is 4. The molecule has 0 spiro atoms. The molecule has 28 heavy (non-hydrogen) atoms. The summed E-state index contributed by atoms with van der Waals surface area (Å²) in [6.07, 6.45) is 1.92. The molecule has 0 aliphatic carbocycles. The second kappa shape index (κ2) is 7.86. The van der Waals surface area contributed by atoms with Gasteiger partial charge >= 0.3 is 0 Å². The molecule has 0 aliphatic rings. The van der Waals surface area contributed by atoms with Crippen LogP contribution in [0.15, 0.2) is 42.5 Å². The van der Waals surface area contributed by atoms with Crippen molar-refractivity contribution in [1.29, 1.82) is 0 Å². The highest BCUT2D eigenvalue weighted by Crippen LogP contribution is 2.42. The third-order valence-corrected chi connectivity index (χ3v) is 5.50. The van der Waals surface area contributed by atoms with E-state index in [1.165, 1.54) is 0 Å². The molecule has 0 saturated carbocycles. The van der Waals surface area contributed by atoms with E-state index in [4.69, 9.17) is 28.2 Å². The molecule has 1 N–H and O–H groups in total. The number of H-pyrrole nitrogens is 1. The molecule has 7 heteroatoms. The molecular formula is C21H19Cl2N5. The highest BCUT2D eigenvalue weighted by Gasteiger charge is 2.25. The Bertz CT molecular complexity index is 1120. The first-order chi connectivity index (χ1) is 13.6. The predicted octanol–water partition coefficient (Wildman–Crippen LogP) is 6.29. The van der Waals surface area contributed by atoms with E-state index in [0.29, 0.717) is 15.9 Å². The standard InChI is InChI=1S/C21H19Cl2N5/c1-3-12(4-2)20-19(21-25-27-28-26-21)18(13-6-5-7-14(22)10-13)16-11-15(23)8-9-17(16)24-20/h5-12H,3-4H2,1-2H3,(H,25,26,27,28). The first kappa shape index (κ1) is 18.8. The van der Waals surface area contributed by atoms with Crippen molar-refractivity contribution in [3.8, 4) is 22.5 Å². The van der Waals surface area contributed by atoms with E-state index in [-0.39, 0.29) is 5.92 Å². The molecule has 0 fully saturated rings. The molecular weight excluding hydrogens is 393 g/mol. The van der Waals surface area contributed by atoms with Gasteiger partial charge in [0.25, 0.3) is 0 Å². The molecule has 2 aromatic heterocycles. The zero-order valence-corrected chi connectivity index (χ0v) is 17.1. The van der Waals surface area contributed by atoms with Gasteiger partial charge in [-0.3, -0.25) is 4.98 Å². The summed E-state index contributed by atoms with van der Waals surface area (Å²) < 4.78 is 0. The number of fused-ring (bicyclic) bond motifs is 1. The highest BCUT2D eigenvalue weighted by atomic mass is 35.5. The van der Waals surface area contributed by atoms with Crippen LogP contribution in [0.1, 0.15) is 38.3 Å². The smallest absolute Gasteiger partial charge is 0.207 e. The van der Waals surface area contributed by atoms with Gasteiger partial charge in [-0.1, -0.05) is 49.2 Å². The Balaban J connectivity index is 2.19. The number of hydrogen-bond donors (Lipinski definition) is 1. The topological polar surface area (TPSA) is 67.3 Å². The van der Waals surface area contributed by atoms with Crippen LogP contribution in [0.4, 0.5) is 0 Å². The lowest BCUT2D eigenvalue weighted by molar-refractivity contribution is 0.627. The van der Waals surface area contributed by atoms with Gasteiger partial charge in [0, 0.05) is 26.9 Å². The second-order valence-electron chi connectivity index (χ2n) is 6.67. The fraction of sp³-hybridized carbons (Fsp3) is 0.238. The van der Waals surface area contributed by atoms with Crippen LogP contribution in [0.2, 0.25) is 10.0 Å². The predicted molar refractivity (Wildman–Crippen MR) is 114 cm³/mol. The fourth-order valence-electron chi connectivity index (χ4n) is 3.66. The first-order valence-corrected chi connectivity index (χ1v) is 10.0. The van der Waals surface area contributed by atoms with Crippen molar-refractivity contribution >= 4 is 34.1 Å². The summed E-state index contributed by atoms with van der Waals surface area (Å²) in [6, 6.07) is 13.5. The second-order valence-corrected chi connectivity index (χ2v) is 7.54. The van der Waals surface area contributed by atoms with E-state index < -0.39 is 0 Å². The van der Waals surface area contributed by atoms with Gasteiger partial charge in [0.05, 0.1) is 16.8 Å². The Hall–Kier alpha value is -2.50. The zero-order valence-electron chi connectivity index (χ0n) is 15.6. The molecule has 2 heterocycles. The molecule has 0 atom stereocenters. The summed E-state index contributed by atoms with van der Waals surface area (Å²) >= 11 is 12.7. The lowest BCUT2D eigenvalue weighted by Crippen LogP contribution is -2.06. The van der Waals surface area contributed by atoms with E-state index in [2.05, 4.69) is 34.5 Å². The largest absolute Gasteiger partial charge is 0.252 e. The van der Waals surface area contributed by atoms with Crippen molar-refractivity contribution in [2.75, 3.05) is 0 Å². The van der Waals surface area contributed by atoms with Crippen LogP contribution in [0.25, 0.3) is 33.4 Å². The molecule has 0 bridgehead atoms. The Morgan fingerprint density at radius 1 is 0.964 bits per heavy atom. The van der Waals surface area contributed by atoms with Crippen LogP contribution in [0, 0.1) is 0 Å². The Labute approximate surface area is 173 Å². The third kappa shape index (κ3) is 3.36. The number of tetrazole rings is 1. The van der Waals surface area contributed by atoms with Crippen LogP contribution in [0.5, 0.6) is 0 Å². The number of rotatable bonds is 5. The van der Waals surface area contributed by atoms with Gasteiger partial charge in [-0.05, 0) is 54.0 Å². The molecule has 0 radical (unpaired) electrons. The number of benzene rings is 2.